The molecule has 6 nitrogen and oxygen atoms in total. The van der Waals surface area contributed by atoms with Gasteiger partial charge in [-0.1, -0.05) is 0 Å². The molecular weight excluding hydrogens is 390 g/mol. The molecule has 2 atom stereocenters. The van der Waals surface area contributed by atoms with Gasteiger partial charge in [-0.15, -0.1) is 11.6 Å². The lowest BCUT2D eigenvalue weighted by atomic mass is 9.49. The molecule has 148 valence electrons. The molecule has 4 saturated carbocycles. The van der Waals surface area contributed by atoms with Crippen molar-refractivity contribution < 1.29 is 22.7 Å². The number of nitrogens with two attached hydrogens (primary N) is 1. The van der Waals surface area contributed by atoms with Gasteiger partial charge in [-0.05, 0) is 74.6 Å². The Labute approximate surface area is 164 Å². The highest BCUT2D eigenvalue weighted by atomic mass is 35.5. The molecule has 4 fully saturated rings. The number of rotatable bonds is 6. The van der Waals surface area contributed by atoms with Gasteiger partial charge in [0.1, 0.15) is 19.0 Å². The summed E-state index contributed by atoms with van der Waals surface area (Å²) in [4.78, 5) is 12.6. The summed E-state index contributed by atoms with van der Waals surface area (Å²) in [5, 5.41) is 5.06. The minimum atomic E-state index is -3.72. The summed E-state index contributed by atoms with van der Waals surface area (Å²) in [7, 11) is -3.72. The van der Waals surface area contributed by atoms with Crippen LogP contribution >= 0.6 is 11.6 Å². The number of carbonyl (C=O) groups excluding carboxylic acids is 1. The van der Waals surface area contributed by atoms with Crippen LogP contribution in [-0.4, -0.2) is 32.5 Å². The lowest BCUT2D eigenvalue weighted by Crippen LogP contribution is -2.56. The van der Waals surface area contributed by atoms with E-state index in [-0.39, 0.29) is 29.0 Å². The number of hydrogen-bond donors (Lipinski definition) is 1. The molecule has 1 aromatic carbocycles. The minimum Gasteiger partial charge on any atom is -0.490 e. The molecule has 0 aliphatic heterocycles. The van der Waals surface area contributed by atoms with Crippen LogP contribution in [0.2, 0.25) is 0 Å². The van der Waals surface area contributed by atoms with E-state index in [1.165, 1.54) is 30.7 Å². The van der Waals surface area contributed by atoms with Crippen LogP contribution in [-0.2, 0) is 19.6 Å². The van der Waals surface area contributed by atoms with Crippen molar-refractivity contribution in [3.63, 3.8) is 0 Å². The molecule has 5 rings (SSSR count). The number of halogens is 1. The number of carbonyl (C=O) groups is 1. The van der Waals surface area contributed by atoms with Crippen molar-refractivity contribution >= 4 is 27.6 Å². The van der Waals surface area contributed by atoms with E-state index < -0.39 is 15.4 Å². The van der Waals surface area contributed by atoms with Gasteiger partial charge in [0.25, 0.3) is 0 Å². The highest BCUT2D eigenvalue weighted by Crippen LogP contribution is 2.64. The molecule has 4 aliphatic rings. The summed E-state index contributed by atoms with van der Waals surface area (Å²) >= 11 is 6.77. The maximum Gasteiger partial charge on any atom is 0.312 e. The fourth-order valence-corrected chi connectivity index (χ4v) is 6.77. The van der Waals surface area contributed by atoms with E-state index in [1.54, 1.807) is 0 Å². The second-order valence-electron chi connectivity index (χ2n) is 8.39. The molecule has 8 heteroatoms. The molecule has 0 spiro atoms. The molecule has 1 aromatic rings. The van der Waals surface area contributed by atoms with Crippen molar-refractivity contribution in [1.29, 1.82) is 0 Å². The number of alkyl halides is 1. The first kappa shape index (κ1) is 19.0. The van der Waals surface area contributed by atoms with E-state index in [9.17, 15) is 13.2 Å². The molecule has 2 N–H and O–H groups in total. The number of benzene rings is 1. The van der Waals surface area contributed by atoms with Gasteiger partial charge in [0.05, 0.1) is 10.3 Å². The van der Waals surface area contributed by atoms with Gasteiger partial charge in [0.15, 0.2) is 0 Å². The van der Waals surface area contributed by atoms with Crippen molar-refractivity contribution in [1.82, 2.24) is 0 Å². The zero-order valence-corrected chi connectivity index (χ0v) is 16.6. The zero-order valence-electron chi connectivity index (χ0n) is 15.0. The van der Waals surface area contributed by atoms with Crippen LogP contribution < -0.4 is 9.88 Å². The molecule has 0 heterocycles. The highest BCUT2D eigenvalue weighted by molar-refractivity contribution is 7.89. The molecule has 0 aromatic heterocycles. The number of esters is 1. The Morgan fingerprint density at radius 1 is 1.11 bits per heavy atom. The van der Waals surface area contributed by atoms with Crippen molar-refractivity contribution in [2.45, 2.75) is 48.3 Å². The number of ether oxygens (including phenoxy) is 2. The van der Waals surface area contributed by atoms with Crippen LogP contribution in [0.3, 0.4) is 0 Å². The highest BCUT2D eigenvalue weighted by Gasteiger charge is 2.60. The van der Waals surface area contributed by atoms with E-state index in [2.05, 4.69) is 0 Å². The first-order chi connectivity index (χ1) is 12.7. The first-order valence-corrected chi connectivity index (χ1v) is 11.2. The Morgan fingerprint density at radius 3 is 2.30 bits per heavy atom. The average molecular weight is 414 g/mol. The maximum absolute atomic E-state index is 12.8. The number of sulfonamides is 1. The largest absolute Gasteiger partial charge is 0.490 e. The van der Waals surface area contributed by atoms with Crippen LogP contribution in [0.25, 0.3) is 0 Å². The third-order valence-electron chi connectivity index (χ3n) is 6.16. The zero-order chi connectivity index (χ0) is 19.3. The van der Waals surface area contributed by atoms with Crippen LogP contribution in [0.4, 0.5) is 0 Å². The van der Waals surface area contributed by atoms with Gasteiger partial charge < -0.3 is 9.47 Å². The van der Waals surface area contributed by atoms with Crippen LogP contribution in [0.1, 0.15) is 38.5 Å². The summed E-state index contributed by atoms with van der Waals surface area (Å²) in [6, 6.07) is 5.81. The molecule has 0 unspecified atom stereocenters. The minimum absolute atomic E-state index is 0.0260. The van der Waals surface area contributed by atoms with Gasteiger partial charge in [0.2, 0.25) is 10.0 Å². The van der Waals surface area contributed by atoms with E-state index in [0.717, 1.165) is 32.1 Å². The Balaban J connectivity index is 1.29. The van der Waals surface area contributed by atoms with E-state index in [4.69, 9.17) is 26.2 Å². The first-order valence-electron chi connectivity index (χ1n) is 9.29. The van der Waals surface area contributed by atoms with Gasteiger partial charge in [-0.3, -0.25) is 4.79 Å². The van der Waals surface area contributed by atoms with Gasteiger partial charge in [0, 0.05) is 4.87 Å². The summed E-state index contributed by atoms with van der Waals surface area (Å²) in [6.07, 6.45) is 5.76. The predicted molar refractivity (Wildman–Crippen MR) is 100.0 cm³/mol. The lowest BCUT2D eigenvalue weighted by Gasteiger charge is -2.58. The Bertz CT molecular complexity index is 824. The van der Waals surface area contributed by atoms with E-state index in [0.29, 0.717) is 17.6 Å². The van der Waals surface area contributed by atoms with Gasteiger partial charge >= 0.3 is 5.97 Å². The molecule has 27 heavy (non-hydrogen) atoms. The lowest BCUT2D eigenvalue weighted by molar-refractivity contribution is -0.170. The van der Waals surface area contributed by atoms with Crippen molar-refractivity contribution in [2.75, 3.05) is 13.2 Å². The molecule has 4 aliphatic carbocycles. The van der Waals surface area contributed by atoms with Crippen LogP contribution in [0.5, 0.6) is 5.75 Å². The third-order valence-corrected chi connectivity index (χ3v) is 7.53. The standard InChI is InChI=1S/C19H24ClNO5S/c20-19-10-13-7-14(11-19)9-18(8-13,12-19)17(22)26-6-5-25-15-1-3-16(4-2-15)27(21,23)24/h1-4,13-14H,5-12H2,(H2,21,23,24)/t13-,14-,18?,19?/m1/s1. The Hall–Kier alpha value is -1.31. The summed E-state index contributed by atoms with van der Waals surface area (Å²) in [6.45, 7) is 0.359. The molecular formula is C19H24ClNO5S. The summed E-state index contributed by atoms with van der Waals surface area (Å²) < 4.78 is 33.5. The fraction of sp³-hybridized carbons (Fsp3) is 0.632. The fourth-order valence-electron chi connectivity index (χ4n) is 5.56. The predicted octanol–water partition coefficient (Wildman–Crippen LogP) is 2.83. The average Bonchev–Trinajstić information content (AvgIpc) is 2.56. The quantitative estimate of drug-likeness (QED) is 0.439. The second kappa shape index (κ2) is 6.64. The topological polar surface area (TPSA) is 95.7 Å². The number of hydrogen-bond acceptors (Lipinski definition) is 5. The second-order valence-corrected chi connectivity index (χ2v) is 10.8. The summed E-state index contributed by atoms with van der Waals surface area (Å²) in [5.74, 6) is 1.44. The van der Waals surface area contributed by atoms with E-state index >= 15 is 0 Å². The van der Waals surface area contributed by atoms with Crippen LogP contribution in [0.15, 0.2) is 29.2 Å². The molecule has 0 saturated heterocycles. The SMILES string of the molecule is NS(=O)(=O)c1ccc(OCCOC(=O)C23C[C@H]4C[C@@H](CC(Cl)(C4)C2)C3)cc1. The third kappa shape index (κ3) is 3.82. The van der Waals surface area contributed by atoms with E-state index in [1.807, 2.05) is 0 Å². The van der Waals surface area contributed by atoms with Crippen molar-refractivity contribution in [2.24, 2.45) is 22.4 Å². The molecule has 4 bridgehead atoms. The number of primary sulfonamides is 1. The molecule has 0 radical (unpaired) electrons. The van der Waals surface area contributed by atoms with Gasteiger partial charge in [-0.2, -0.15) is 0 Å². The van der Waals surface area contributed by atoms with Crippen molar-refractivity contribution in [3.8, 4) is 5.75 Å². The maximum atomic E-state index is 12.8. The van der Waals surface area contributed by atoms with Crippen molar-refractivity contribution in [3.05, 3.63) is 24.3 Å². The smallest absolute Gasteiger partial charge is 0.312 e. The Morgan fingerprint density at radius 2 is 1.74 bits per heavy atom. The van der Waals surface area contributed by atoms with Gasteiger partial charge in [-0.25, -0.2) is 13.6 Å². The normalized spacial score (nSPS) is 34.4. The molecule has 0 amide bonds. The summed E-state index contributed by atoms with van der Waals surface area (Å²) in [5.41, 5.74) is -0.414. The monoisotopic (exact) mass is 413 g/mol. The Kier molecular flexibility index (Phi) is 4.68. The van der Waals surface area contributed by atoms with Crippen LogP contribution in [0, 0.1) is 17.3 Å².